The first-order chi connectivity index (χ1) is 9.09. The second kappa shape index (κ2) is 5.39. The lowest BCUT2D eigenvalue weighted by molar-refractivity contribution is 0.0845. The normalized spacial score (nSPS) is 10.0. The molecule has 96 valence electrons. The van der Waals surface area contributed by atoms with Gasteiger partial charge in [-0.05, 0) is 24.3 Å². The fourth-order valence-corrected chi connectivity index (χ4v) is 1.54. The number of imide groups is 1. The van der Waals surface area contributed by atoms with Crippen LogP contribution in [0.15, 0.2) is 48.5 Å². The average Bonchev–Trinajstić information content (AvgIpc) is 2.39. The molecular weight excluding hydrogens is 252 g/mol. The van der Waals surface area contributed by atoms with Gasteiger partial charge in [-0.15, -0.1) is 0 Å². The lowest BCUT2D eigenvalue weighted by atomic mass is 10.1. The van der Waals surface area contributed by atoms with Crippen molar-refractivity contribution in [2.75, 3.05) is 0 Å². The van der Waals surface area contributed by atoms with Gasteiger partial charge in [-0.1, -0.05) is 24.3 Å². The Morgan fingerprint density at radius 1 is 0.789 bits per heavy atom. The molecule has 5 heteroatoms. The molecule has 0 saturated carbocycles. The van der Waals surface area contributed by atoms with Gasteiger partial charge in [0.05, 0.1) is 0 Å². The van der Waals surface area contributed by atoms with Crippen molar-refractivity contribution in [3.05, 3.63) is 71.3 Å². The lowest BCUT2D eigenvalue weighted by Gasteiger charge is -2.05. The van der Waals surface area contributed by atoms with Crippen molar-refractivity contribution in [1.82, 2.24) is 5.32 Å². The van der Waals surface area contributed by atoms with E-state index in [1.54, 1.807) is 18.2 Å². The molecule has 0 aliphatic heterocycles. The molecule has 0 saturated heterocycles. The maximum atomic E-state index is 13.3. The van der Waals surface area contributed by atoms with Crippen LogP contribution < -0.4 is 5.32 Å². The predicted molar refractivity (Wildman–Crippen MR) is 64.6 cm³/mol. The number of halogens is 2. The quantitative estimate of drug-likeness (QED) is 0.844. The lowest BCUT2D eigenvalue weighted by Crippen LogP contribution is -2.31. The van der Waals surface area contributed by atoms with Crippen molar-refractivity contribution < 1.29 is 18.4 Å². The smallest absolute Gasteiger partial charge is 0.264 e. The number of nitrogens with one attached hydrogen (secondary N) is 1. The monoisotopic (exact) mass is 261 g/mol. The van der Waals surface area contributed by atoms with Gasteiger partial charge in [0.15, 0.2) is 0 Å². The first kappa shape index (κ1) is 12.9. The zero-order valence-electron chi connectivity index (χ0n) is 9.69. The first-order valence-electron chi connectivity index (χ1n) is 5.44. The Kier molecular flexibility index (Phi) is 3.66. The van der Waals surface area contributed by atoms with Gasteiger partial charge < -0.3 is 0 Å². The Morgan fingerprint density at radius 3 is 1.95 bits per heavy atom. The summed E-state index contributed by atoms with van der Waals surface area (Å²) in [6, 6.07) is 10.9. The van der Waals surface area contributed by atoms with E-state index < -0.39 is 29.0 Å². The van der Waals surface area contributed by atoms with Crippen LogP contribution in [0.2, 0.25) is 0 Å². The molecule has 1 N–H and O–H groups in total. The van der Waals surface area contributed by atoms with Crippen LogP contribution in [-0.2, 0) is 0 Å². The molecule has 0 radical (unpaired) electrons. The van der Waals surface area contributed by atoms with Crippen molar-refractivity contribution in [3.63, 3.8) is 0 Å². The molecule has 0 spiro atoms. The second-order valence-electron chi connectivity index (χ2n) is 3.75. The summed E-state index contributed by atoms with van der Waals surface area (Å²) in [4.78, 5) is 23.3. The summed E-state index contributed by atoms with van der Waals surface area (Å²) in [5.41, 5.74) is -0.542. The minimum absolute atomic E-state index is 0.229. The highest BCUT2D eigenvalue weighted by Gasteiger charge is 2.19. The summed E-state index contributed by atoms with van der Waals surface area (Å²) in [5.74, 6) is -3.85. The average molecular weight is 261 g/mol. The molecule has 0 aliphatic rings. The number of rotatable bonds is 2. The van der Waals surface area contributed by atoms with Gasteiger partial charge in [0, 0.05) is 5.56 Å². The van der Waals surface area contributed by atoms with Crippen LogP contribution >= 0.6 is 0 Å². The molecule has 2 aromatic carbocycles. The summed E-state index contributed by atoms with van der Waals surface area (Å²) in [6.07, 6.45) is 0. The van der Waals surface area contributed by atoms with Gasteiger partial charge in [0.1, 0.15) is 17.2 Å². The fourth-order valence-electron chi connectivity index (χ4n) is 1.54. The number of benzene rings is 2. The van der Waals surface area contributed by atoms with Crippen LogP contribution in [0.1, 0.15) is 20.7 Å². The third-order valence-electron chi connectivity index (χ3n) is 2.45. The van der Waals surface area contributed by atoms with E-state index in [0.717, 1.165) is 18.2 Å². The van der Waals surface area contributed by atoms with E-state index in [1.165, 1.54) is 12.1 Å². The molecule has 0 aliphatic carbocycles. The topological polar surface area (TPSA) is 46.2 Å². The molecule has 2 aromatic rings. The molecule has 2 amide bonds. The third kappa shape index (κ3) is 2.82. The van der Waals surface area contributed by atoms with Crippen LogP contribution in [0.4, 0.5) is 8.78 Å². The SMILES string of the molecule is O=C(NC(=O)c1c(F)cccc1F)c1ccccc1. The minimum atomic E-state index is -1.11. The highest BCUT2D eigenvalue weighted by atomic mass is 19.1. The molecule has 19 heavy (non-hydrogen) atoms. The van der Waals surface area contributed by atoms with E-state index in [0.29, 0.717) is 0 Å². The summed E-state index contributed by atoms with van der Waals surface area (Å²) in [7, 11) is 0. The van der Waals surface area contributed by atoms with E-state index >= 15 is 0 Å². The highest BCUT2D eigenvalue weighted by Crippen LogP contribution is 2.12. The molecule has 3 nitrogen and oxygen atoms in total. The molecule has 0 heterocycles. The van der Waals surface area contributed by atoms with E-state index in [2.05, 4.69) is 0 Å². The second-order valence-corrected chi connectivity index (χ2v) is 3.75. The highest BCUT2D eigenvalue weighted by molar-refractivity contribution is 6.10. The summed E-state index contributed by atoms with van der Waals surface area (Å²) in [6.45, 7) is 0. The van der Waals surface area contributed by atoms with Crippen molar-refractivity contribution in [1.29, 1.82) is 0 Å². The first-order valence-corrected chi connectivity index (χ1v) is 5.44. The standard InChI is InChI=1S/C14H9F2NO2/c15-10-7-4-8-11(16)12(10)14(19)17-13(18)9-5-2-1-3-6-9/h1-8H,(H,17,18,19). The summed E-state index contributed by atoms with van der Waals surface area (Å²) in [5, 5.41) is 1.94. The largest absolute Gasteiger partial charge is 0.288 e. The zero-order chi connectivity index (χ0) is 13.8. The number of amides is 2. The van der Waals surface area contributed by atoms with Crippen molar-refractivity contribution in [2.24, 2.45) is 0 Å². The van der Waals surface area contributed by atoms with E-state index in [9.17, 15) is 18.4 Å². The Hall–Kier alpha value is -2.56. The Labute approximate surface area is 107 Å². The Morgan fingerprint density at radius 2 is 1.37 bits per heavy atom. The maximum absolute atomic E-state index is 13.3. The molecule has 0 atom stereocenters. The maximum Gasteiger partial charge on any atom is 0.264 e. The summed E-state index contributed by atoms with van der Waals surface area (Å²) >= 11 is 0. The van der Waals surface area contributed by atoms with Gasteiger partial charge in [0.2, 0.25) is 0 Å². The minimum Gasteiger partial charge on any atom is -0.288 e. The Balaban J connectivity index is 2.21. The predicted octanol–water partition coefficient (Wildman–Crippen LogP) is 2.54. The molecule has 0 bridgehead atoms. The van der Waals surface area contributed by atoms with Crippen molar-refractivity contribution in [2.45, 2.75) is 0 Å². The van der Waals surface area contributed by atoms with E-state index in [-0.39, 0.29) is 5.56 Å². The molecule has 0 fully saturated rings. The molecular formula is C14H9F2NO2. The van der Waals surface area contributed by atoms with Gasteiger partial charge in [-0.2, -0.15) is 0 Å². The van der Waals surface area contributed by atoms with Crippen LogP contribution in [0, 0.1) is 11.6 Å². The van der Waals surface area contributed by atoms with Crippen molar-refractivity contribution in [3.8, 4) is 0 Å². The Bertz CT molecular complexity index is 606. The molecule has 0 unspecified atom stereocenters. The fraction of sp³-hybridized carbons (Fsp3) is 0. The number of carbonyl (C=O) groups is 2. The molecule has 2 rings (SSSR count). The van der Waals surface area contributed by atoms with Crippen LogP contribution in [0.3, 0.4) is 0 Å². The number of carbonyl (C=O) groups excluding carboxylic acids is 2. The van der Waals surface area contributed by atoms with Gasteiger partial charge >= 0.3 is 0 Å². The van der Waals surface area contributed by atoms with Gasteiger partial charge in [-0.3, -0.25) is 14.9 Å². The van der Waals surface area contributed by atoms with Crippen LogP contribution in [-0.4, -0.2) is 11.8 Å². The molecule has 0 aromatic heterocycles. The zero-order valence-corrected chi connectivity index (χ0v) is 9.69. The number of hydrogen-bond donors (Lipinski definition) is 1. The van der Waals surface area contributed by atoms with Crippen LogP contribution in [0.25, 0.3) is 0 Å². The third-order valence-corrected chi connectivity index (χ3v) is 2.45. The number of hydrogen-bond acceptors (Lipinski definition) is 2. The van der Waals surface area contributed by atoms with Gasteiger partial charge in [-0.25, -0.2) is 8.78 Å². The van der Waals surface area contributed by atoms with Gasteiger partial charge in [0.25, 0.3) is 11.8 Å². The van der Waals surface area contributed by atoms with Crippen LogP contribution in [0.5, 0.6) is 0 Å². The summed E-state index contributed by atoms with van der Waals surface area (Å²) < 4.78 is 26.7. The van der Waals surface area contributed by atoms with Crippen molar-refractivity contribution >= 4 is 11.8 Å². The van der Waals surface area contributed by atoms with E-state index in [1.807, 2.05) is 5.32 Å². The van der Waals surface area contributed by atoms with E-state index in [4.69, 9.17) is 0 Å².